The van der Waals surface area contributed by atoms with Crippen LogP contribution in [0.25, 0.3) is 17.2 Å². The Morgan fingerprint density at radius 3 is 2.31 bits per heavy atom. The predicted octanol–water partition coefficient (Wildman–Crippen LogP) is 4.85. The number of esters is 1. The van der Waals surface area contributed by atoms with Crippen molar-refractivity contribution in [2.45, 2.75) is 0 Å². The summed E-state index contributed by atoms with van der Waals surface area (Å²) < 4.78 is 4.91. The number of benzene rings is 2. The van der Waals surface area contributed by atoms with Crippen molar-refractivity contribution >= 4 is 34.3 Å². The fraction of sp³-hybridized carbons (Fsp3) is 0.0476. The Hall–Kier alpha value is -3.18. The van der Waals surface area contributed by atoms with Crippen LogP contribution in [0, 0.1) is 0 Å². The molecule has 0 atom stereocenters. The number of carbonyl (C=O) groups excluding carboxylic acids is 2. The van der Waals surface area contributed by atoms with Crippen molar-refractivity contribution in [3.8, 4) is 11.1 Å². The first-order chi connectivity index (χ1) is 12.7. The predicted molar refractivity (Wildman–Crippen MR) is 105 cm³/mol. The van der Waals surface area contributed by atoms with Gasteiger partial charge in [0.2, 0.25) is 5.91 Å². The van der Waals surface area contributed by atoms with Gasteiger partial charge >= 0.3 is 5.97 Å². The fourth-order valence-corrected chi connectivity index (χ4v) is 3.43. The molecule has 4 nitrogen and oxygen atoms in total. The third kappa shape index (κ3) is 4.07. The van der Waals surface area contributed by atoms with E-state index in [0.717, 1.165) is 16.7 Å². The first kappa shape index (κ1) is 17.6. The molecular weight excluding hydrogens is 346 g/mol. The van der Waals surface area contributed by atoms with Crippen molar-refractivity contribution in [3.05, 3.63) is 83.2 Å². The van der Waals surface area contributed by atoms with E-state index in [2.05, 4.69) is 5.32 Å². The summed E-state index contributed by atoms with van der Waals surface area (Å²) in [6, 6.07) is 19.1. The number of methoxy groups -OCH3 is 1. The van der Waals surface area contributed by atoms with E-state index in [1.54, 1.807) is 6.08 Å². The number of rotatable bonds is 5. The van der Waals surface area contributed by atoms with Crippen LogP contribution in [0.1, 0.15) is 15.9 Å². The highest BCUT2D eigenvalue weighted by Crippen LogP contribution is 2.36. The number of hydrogen-bond acceptors (Lipinski definition) is 4. The molecule has 5 heteroatoms. The van der Waals surface area contributed by atoms with E-state index in [1.165, 1.54) is 24.5 Å². The van der Waals surface area contributed by atoms with E-state index < -0.39 is 5.97 Å². The van der Waals surface area contributed by atoms with Gasteiger partial charge in [-0.2, -0.15) is 0 Å². The molecule has 0 aliphatic rings. The fourth-order valence-electron chi connectivity index (χ4n) is 2.47. The van der Waals surface area contributed by atoms with Crippen LogP contribution < -0.4 is 5.32 Å². The highest BCUT2D eigenvalue weighted by molar-refractivity contribution is 7.15. The molecule has 1 N–H and O–H groups in total. The third-order valence-corrected chi connectivity index (χ3v) is 4.62. The van der Waals surface area contributed by atoms with E-state index in [1.807, 2.05) is 66.0 Å². The van der Waals surface area contributed by atoms with Crippen LogP contribution in [0.3, 0.4) is 0 Å². The molecule has 3 rings (SSSR count). The van der Waals surface area contributed by atoms with Gasteiger partial charge in [0.25, 0.3) is 0 Å². The van der Waals surface area contributed by atoms with Crippen LogP contribution in [-0.4, -0.2) is 19.0 Å². The molecule has 1 aromatic heterocycles. The van der Waals surface area contributed by atoms with E-state index in [-0.39, 0.29) is 5.91 Å². The standard InChI is InChI=1S/C21H17NO3S/c1-25-21(24)19-17(16-10-6-3-7-11-16)14-26-20(19)22-18(23)13-12-15-8-4-2-5-9-15/h2-14H,1H3,(H,22,23). The first-order valence-corrected chi connectivity index (χ1v) is 8.86. The van der Waals surface area contributed by atoms with E-state index in [4.69, 9.17) is 4.74 Å². The van der Waals surface area contributed by atoms with Crippen LogP contribution >= 0.6 is 11.3 Å². The van der Waals surface area contributed by atoms with Gasteiger partial charge in [-0.1, -0.05) is 60.7 Å². The second kappa shape index (κ2) is 8.27. The maximum absolute atomic E-state index is 12.3. The molecule has 2 aromatic carbocycles. The quantitative estimate of drug-likeness (QED) is 0.520. The summed E-state index contributed by atoms with van der Waals surface area (Å²) in [5, 5.41) is 5.09. The summed E-state index contributed by atoms with van der Waals surface area (Å²) in [6.07, 6.45) is 3.16. The first-order valence-electron chi connectivity index (χ1n) is 7.98. The van der Waals surface area contributed by atoms with Crippen molar-refractivity contribution in [1.29, 1.82) is 0 Å². The summed E-state index contributed by atoms with van der Waals surface area (Å²) >= 11 is 1.30. The highest BCUT2D eigenvalue weighted by Gasteiger charge is 2.21. The summed E-state index contributed by atoms with van der Waals surface area (Å²) in [5.41, 5.74) is 2.92. The van der Waals surface area contributed by atoms with Gasteiger partial charge in [0.05, 0.1) is 7.11 Å². The maximum atomic E-state index is 12.3. The molecule has 0 saturated carbocycles. The Bertz CT molecular complexity index is 930. The van der Waals surface area contributed by atoms with Gasteiger partial charge < -0.3 is 10.1 Å². The Morgan fingerprint density at radius 1 is 1.00 bits per heavy atom. The molecule has 26 heavy (non-hydrogen) atoms. The van der Waals surface area contributed by atoms with Crippen LogP contribution in [0.15, 0.2) is 72.1 Å². The molecule has 130 valence electrons. The van der Waals surface area contributed by atoms with Crippen LogP contribution in [-0.2, 0) is 9.53 Å². The minimum Gasteiger partial charge on any atom is -0.465 e. The summed E-state index contributed by atoms with van der Waals surface area (Å²) in [7, 11) is 1.33. The number of thiophene rings is 1. The number of carbonyl (C=O) groups is 2. The molecule has 1 amide bonds. The average Bonchev–Trinajstić information content (AvgIpc) is 3.10. The van der Waals surface area contributed by atoms with Gasteiger partial charge in [-0.3, -0.25) is 4.79 Å². The average molecular weight is 363 g/mol. The molecular formula is C21H17NO3S. The summed E-state index contributed by atoms with van der Waals surface area (Å²) in [4.78, 5) is 24.5. The molecule has 0 radical (unpaired) electrons. The topological polar surface area (TPSA) is 55.4 Å². The van der Waals surface area contributed by atoms with Gasteiger partial charge in [-0.05, 0) is 17.2 Å². The molecule has 0 fully saturated rings. The zero-order valence-electron chi connectivity index (χ0n) is 14.1. The van der Waals surface area contributed by atoms with Gasteiger partial charge in [0.1, 0.15) is 10.6 Å². The molecule has 0 unspecified atom stereocenters. The second-order valence-corrected chi connectivity index (χ2v) is 6.32. The minimum absolute atomic E-state index is 0.305. The van der Waals surface area contributed by atoms with Gasteiger partial charge in [-0.15, -0.1) is 11.3 Å². The van der Waals surface area contributed by atoms with Gasteiger partial charge in [0.15, 0.2) is 0 Å². The Balaban J connectivity index is 1.86. The monoisotopic (exact) mass is 363 g/mol. The lowest BCUT2D eigenvalue weighted by Crippen LogP contribution is -2.11. The number of anilines is 1. The van der Waals surface area contributed by atoms with E-state index >= 15 is 0 Å². The Kier molecular flexibility index (Phi) is 5.61. The number of hydrogen-bond donors (Lipinski definition) is 1. The second-order valence-electron chi connectivity index (χ2n) is 5.44. The van der Waals surface area contributed by atoms with Gasteiger partial charge in [-0.25, -0.2) is 4.79 Å². The normalized spacial score (nSPS) is 10.7. The molecule has 0 bridgehead atoms. The summed E-state index contributed by atoms with van der Waals surface area (Å²) in [5.74, 6) is -0.784. The Labute approximate surface area is 155 Å². The van der Waals surface area contributed by atoms with Crippen molar-refractivity contribution < 1.29 is 14.3 Å². The number of amides is 1. The lowest BCUT2D eigenvalue weighted by molar-refractivity contribution is -0.111. The van der Waals surface area contributed by atoms with E-state index in [9.17, 15) is 9.59 Å². The highest BCUT2D eigenvalue weighted by atomic mass is 32.1. The van der Waals surface area contributed by atoms with Crippen molar-refractivity contribution in [2.24, 2.45) is 0 Å². The SMILES string of the molecule is COC(=O)c1c(-c2ccccc2)csc1NC(=O)C=Cc1ccccc1. The molecule has 0 spiro atoms. The molecule has 0 aliphatic heterocycles. The van der Waals surface area contributed by atoms with Crippen LogP contribution in [0.2, 0.25) is 0 Å². The Morgan fingerprint density at radius 2 is 1.65 bits per heavy atom. The summed E-state index contributed by atoms with van der Waals surface area (Å²) in [6.45, 7) is 0. The molecule has 0 aliphatic carbocycles. The van der Waals surface area contributed by atoms with Crippen molar-refractivity contribution in [1.82, 2.24) is 0 Å². The van der Waals surface area contributed by atoms with Gasteiger partial charge in [0, 0.05) is 17.0 Å². The largest absolute Gasteiger partial charge is 0.465 e. The maximum Gasteiger partial charge on any atom is 0.341 e. The lowest BCUT2D eigenvalue weighted by atomic mass is 10.0. The minimum atomic E-state index is -0.479. The zero-order valence-corrected chi connectivity index (χ0v) is 15.0. The zero-order chi connectivity index (χ0) is 18.4. The molecule has 0 saturated heterocycles. The lowest BCUT2D eigenvalue weighted by Gasteiger charge is -2.06. The van der Waals surface area contributed by atoms with Crippen molar-refractivity contribution in [2.75, 3.05) is 12.4 Å². The molecule has 1 heterocycles. The number of ether oxygens (including phenoxy) is 1. The smallest absolute Gasteiger partial charge is 0.341 e. The van der Waals surface area contributed by atoms with Crippen molar-refractivity contribution in [3.63, 3.8) is 0 Å². The van der Waals surface area contributed by atoms with Crippen LogP contribution in [0.5, 0.6) is 0 Å². The number of nitrogens with one attached hydrogen (secondary N) is 1. The van der Waals surface area contributed by atoms with E-state index in [0.29, 0.717) is 10.6 Å². The molecule has 3 aromatic rings. The van der Waals surface area contributed by atoms with Crippen LogP contribution in [0.4, 0.5) is 5.00 Å². The third-order valence-electron chi connectivity index (χ3n) is 3.73.